The van der Waals surface area contributed by atoms with Gasteiger partial charge in [-0.05, 0) is 22.9 Å². The Hall–Kier alpha value is -2.68. The van der Waals surface area contributed by atoms with Gasteiger partial charge in [-0.2, -0.15) is 0 Å². The highest BCUT2D eigenvalue weighted by molar-refractivity contribution is 6.04. The van der Waals surface area contributed by atoms with Crippen molar-refractivity contribution < 1.29 is 9.53 Å². The largest absolute Gasteiger partial charge is 0.457 e. The summed E-state index contributed by atoms with van der Waals surface area (Å²) in [6.45, 7) is 0.232. The zero-order valence-corrected chi connectivity index (χ0v) is 10.8. The van der Waals surface area contributed by atoms with Crippen LogP contribution in [0, 0.1) is 0 Å². The summed E-state index contributed by atoms with van der Waals surface area (Å²) in [5.74, 6) is -0.314. The molecule has 2 aromatic carbocycles. The first kappa shape index (κ1) is 12.4. The zero-order valence-electron chi connectivity index (χ0n) is 10.8. The molecule has 0 N–H and O–H groups in total. The molecule has 0 atom stereocenters. The van der Waals surface area contributed by atoms with Gasteiger partial charge in [-0.1, -0.05) is 42.5 Å². The van der Waals surface area contributed by atoms with Crippen LogP contribution in [-0.4, -0.2) is 11.0 Å². The number of pyridine rings is 1. The quantitative estimate of drug-likeness (QED) is 0.678. The Morgan fingerprint density at radius 3 is 2.70 bits per heavy atom. The maximum absolute atomic E-state index is 12.2. The van der Waals surface area contributed by atoms with E-state index in [0.717, 1.165) is 16.3 Å². The highest BCUT2D eigenvalue weighted by Gasteiger charge is 2.10. The molecule has 1 aromatic heterocycles. The molecule has 0 aliphatic heterocycles. The Kier molecular flexibility index (Phi) is 3.42. The van der Waals surface area contributed by atoms with Gasteiger partial charge >= 0.3 is 5.97 Å². The lowest BCUT2D eigenvalue weighted by atomic mass is 10.0. The van der Waals surface area contributed by atoms with E-state index in [0.29, 0.717) is 5.56 Å². The fourth-order valence-corrected chi connectivity index (χ4v) is 2.11. The third-order valence-corrected chi connectivity index (χ3v) is 3.10. The number of carbonyl (C=O) groups is 1. The second-order valence-electron chi connectivity index (χ2n) is 4.46. The zero-order chi connectivity index (χ0) is 13.8. The van der Waals surface area contributed by atoms with Crippen molar-refractivity contribution in [1.82, 2.24) is 4.98 Å². The number of rotatable bonds is 3. The van der Waals surface area contributed by atoms with Gasteiger partial charge in [0.15, 0.2) is 0 Å². The van der Waals surface area contributed by atoms with E-state index in [4.69, 9.17) is 4.74 Å². The molecule has 98 valence electrons. The first-order valence-electron chi connectivity index (χ1n) is 6.38. The summed E-state index contributed by atoms with van der Waals surface area (Å²) in [5, 5.41) is 1.94. The van der Waals surface area contributed by atoms with Gasteiger partial charge in [-0.3, -0.25) is 4.98 Å². The van der Waals surface area contributed by atoms with Crippen molar-refractivity contribution in [2.24, 2.45) is 0 Å². The molecule has 3 rings (SSSR count). The van der Waals surface area contributed by atoms with Gasteiger partial charge in [0.05, 0.1) is 5.56 Å². The molecule has 3 heteroatoms. The van der Waals surface area contributed by atoms with Crippen LogP contribution in [0.5, 0.6) is 0 Å². The van der Waals surface area contributed by atoms with Crippen molar-refractivity contribution in [2.75, 3.05) is 0 Å². The lowest BCUT2D eigenvalue weighted by Crippen LogP contribution is -2.06. The van der Waals surface area contributed by atoms with Crippen LogP contribution in [-0.2, 0) is 11.3 Å². The molecule has 0 unspecified atom stereocenters. The van der Waals surface area contributed by atoms with Gasteiger partial charge in [0.25, 0.3) is 0 Å². The molecule has 3 nitrogen and oxygen atoms in total. The molecule has 0 fully saturated rings. The van der Waals surface area contributed by atoms with E-state index >= 15 is 0 Å². The molecular weight excluding hydrogens is 250 g/mol. The number of nitrogens with zero attached hydrogens (tertiary/aromatic N) is 1. The monoisotopic (exact) mass is 263 g/mol. The predicted molar refractivity (Wildman–Crippen MR) is 77.3 cm³/mol. The summed E-state index contributed by atoms with van der Waals surface area (Å²) in [6.07, 6.45) is 3.38. The molecule has 0 spiro atoms. The average molecular weight is 263 g/mol. The summed E-state index contributed by atoms with van der Waals surface area (Å²) in [4.78, 5) is 16.2. The third kappa shape index (κ3) is 2.52. The van der Waals surface area contributed by atoms with Crippen molar-refractivity contribution in [3.8, 4) is 0 Å². The standard InChI is InChI=1S/C17H13NO2/c19-17(20-12-13-5-4-10-18-11-13)16-9-3-7-14-6-1-2-8-15(14)16/h1-11H,12H2. The molecule has 0 bridgehead atoms. The summed E-state index contributed by atoms with van der Waals surface area (Å²) < 4.78 is 5.34. The number of hydrogen-bond acceptors (Lipinski definition) is 3. The number of fused-ring (bicyclic) bond motifs is 1. The number of esters is 1. The normalized spacial score (nSPS) is 10.4. The summed E-state index contributed by atoms with van der Waals surface area (Å²) in [6, 6.07) is 17.1. The molecule has 0 saturated carbocycles. The maximum Gasteiger partial charge on any atom is 0.339 e. The number of benzene rings is 2. The Morgan fingerprint density at radius 2 is 1.85 bits per heavy atom. The summed E-state index contributed by atoms with van der Waals surface area (Å²) >= 11 is 0. The first-order chi connectivity index (χ1) is 9.84. The fourth-order valence-electron chi connectivity index (χ4n) is 2.11. The first-order valence-corrected chi connectivity index (χ1v) is 6.38. The van der Waals surface area contributed by atoms with Gasteiger partial charge in [-0.15, -0.1) is 0 Å². The molecule has 3 aromatic rings. The summed E-state index contributed by atoms with van der Waals surface area (Å²) in [7, 11) is 0. The molecule has 20 heavy (non-hydrogen) atoms. The van der Waals surface area contributed by atoms with Gasteiger partial charge in [0.1, 0.15) is 6.61 Å². The number of ether oxygens (including phenoxy) is 1. The van der Waals surface area contributed by atoms with E-state index in [1.54, 1.807) is 18.5 Å². The van der Waals surface area contributed by atoms with E-state index in [1.165, 1.54) is 0 Å². The van der Waals surface area contributed by atoms with E-state index in [2.05, 4.69) is 4.98 Å². The molecule has 0 saturated heterocycles. The molecule has 0 aliphatic carbocycles. The third-order valence-electron chi connectivity index (χ3n) is 3.10. The van der Waals surface area contributed by atoms with Crippen LogP contribution >= 0.6 is 0 Å². The van der Waals surface area contributed by atoms with Crippen LogP contribution in [0.25, 0.3) is 10.8 Å². The van der Waals surface area contributed by atoms with E-state index < -0.39 is 0 Å². The van der Waals surface area contributed by atoms with Gasteiger partial charge in [0.2, 0.25) is 0 Å². The number of aromatic nitrogens is 1. The molecule has 1 heterocycles. The van der Waals surface area contributed by atoms with Crippen LogP contribution in [0.2, 0.25) is 0 Å². The maximum atomic E-state index is 12.2. The minimum Gasteiger partial charge on any atom is -0.457 e. The van der Waals surface area contributed by atoms with Crippen LogP contribution in [0.3, 0.4) is 0 Å². The van der Waals surface area contributed by atoms with Crippen molar-refractivity contribution in [2.45, 2.75) is 6.61 Å². The minimum atomic E-state index is -0.314. The minimum absolute atomic E-state index is 0.232. The fraction of sp³-hybridized carbons (Fsp3) is 0.0588. The lowest BCUT2D eigenvalue weighted by Gasteiger charge is -2.07. The highest BCUT2D eigenvalue weighted by Crippen LogP contribution is 2.19. The van der Waals surface area contributed by atoms with Crippen molar-refractivity contribution in [3.63, 3.8) is 0 Å². The predicted octanol–water partition coefficient (Wildman–Crippen LogP) is 3.59. The van der Waals surface area contributed by atoms with Crippen LogP contribution in [0.4, 0.5) is 0 Å². The smallest absolute Gasteiger partial charge is 0.339 e. The Morgan fingerprint density at radius 1 is 1.00 bits per heavy atom. The molecular formula is C17H13NO2. The second kappa shape index (κ2) is 5.53. The lowest BCUT2D eigenvalue weighted by molar-refractivity contribution is 0.0475. The van der Waals surface area contributed by atoms with Gasteiger partial charge in [-0.25, -0.2) is 4.79 Å². The van der Waals surface area contributed by atoms with Crippen LogP contribution in [0.15, 0.2) is 67.0 Å². The summed E-state index contributed by atoms with van der Waals surface area (Å²) in [5.41, 5.74) is 1.47. The van der Waals surface area contributed by atoms with Crippen LogP contribution < -0.4 is 0 Å². The molecule has 0 amide bonds. The van der Waals surface area contributed by atoms with E-state index in [1.807, 2.05) is 48.5 Å². The van der Waals surface area contributed by atoms with Crippen molar-refractivity contribution in [1.29, 1.82) is 0 Å². The second-order valence-corrected chi connectivity index (χ2v) is 4.46. The van der Waals surface area contributed by atoms with Gasteiger partial charge < -0.3 is 4.74 Å². The van der Waals surface area contributed by atoms with E-state index in [9.17, 15) is 4.79 Å². The SMILES string of the molecule is O=C(OCc1cccnc1)c1cccc2ccccc12. The molecule has 0 aliphatic rings. The average Bonchev–Trinajstić information content (AvgIpc) is 2.53. The topological polar surface area (TPSA) is 39.2 Å². The van der Waals surface area contributed by atoms with E-state index in [-0.39, 0.29) is 12.6 Å². The molecule has 0 radical (unpaired) electrons. The van der Waals surface area contributed by atoms with Crippen LogP contribution in [0.1, 0.15) is 15.9 Å². The number of carbonyl (C=O) groups excluding carboxylic acids is 1. The number of hydrogen-bond donors (Lipinski definition) is 0. The van der Waals surface area contributed by atoms with Crippen molar-refractivity contribution in [3.05, 3.63) is 78.1 Å². The highest BCUT2D eigenvalue weighted by atomic mass is 16.5. The Labute approximate surface area is 116 Å². The Bertz CT molecular complexity index is 733. The Balaban J connectivity index is 1.82. The van der Waals surface area contributed by atoms with Gasteiger partial charge in [0, 0.05) is 18.0 Å². The van der Waals surface area contributed by atoms with Crippen molar-refractivity contribution >= 4 is 16.7 Å².